The largest absolute Gasteiger partial charge is 0.478 e. The molecule has 3 saturated heterocycles. The van der Waals surface area contributed by atoms with E-state index < -0.39 is 46.3 Å². The van der Waals surface area contributed by atoms with Crippen molar-refractivity contribution in [1.82, 2.24) is 69.8 Å². The maximum Gasteiger partial charge on any atom is 0.337 e. The van der Waals surface area contributed by atoms with Gasteiger partial charge in [-0.25, -0.2) is 24.5 Å². The van der Waals surface area contributed by atoms with Crippen LogP contribution in [-0.2, 0) is 88.3 Å². The highest BCUT2D eigenvalue weighted by Gasteiger charge is 2.56. The topological polar surface area (TPSA) is 394 Å². The highest BCUT2D eigenvalue weighted by atomic mass is 35.5. The minimum absolute atomic E-state index is 0. The number of pyridine rings is 6. The van der Waals surface area contributed by atoms with Crippen LogP contribution < -0.4 is 32.2 Å². The van der Waals surface area contributed by atoms with Crippen molar-refractivity contribution in [2.75, 3.05) is 96.0 Å². The summed E-state index contributed by atoms with van der Waals surface area (Å²) in [5.41, 5.74) is 18.2. The molecule has 9 unspecified atom stereocenters. The van der Waals surface area contributed by atoms with E-state index in [2.05, 4.69) is 180 Å². The van der Waals surface area contributed by atoms with E-state index in [1.54, 1.807) is 36.9 Å². The van der Waals surface area contributed by atoms with Crippen molar-refractivity contribution in [3.05, 3.63) is 283 Å². The number of hydrogen-bond acceptors (Lipinski definition) is 21. The molecule has 30 nitrogen and oxygen atoms in total. The molecule has 19 rings (SSSR count). The molecular weight excluding hydrogens is 1800 g/mol. The Hall–Kier alpha value is -13.2. The van der Waals surface area contributed by atoms with Crippen molar-refractivity contribution in [2.45, 2.75) is 207 Å². The number of piperidine rings is 3. The number of likely N-dealkylation sites (N-methyl/N-ethyl adjacent to an activating group) is 3. The van der Waals surface area contributed by atoms with E-state index in [-0.39, 0.29) is 101 Å². The summed E-state index contributed by atoms with van der Waals surface area (Å²) >= 11 is 0. The number of rotatable bonds is 26. The van der Waals surface area contributed by atoms with Crippen molar-refractivity contribution in [3.8, 4) is 0 Å². The Balaban J connectivity index is 0.000000152. The minimum atomic E-state index is -1.04. The Bertz CT molecular complexity index is 6280. The van der Waals surface area contributed by atoms with Crippen LogP contribution in [0.4, 0.5) is 17.5 Å². The second-order valence-electron chi connectivity index (χ2n) is 39.7. The quantitative estimate of drug-likeness (QED) is 0.0142. The number of nitrogens with one attached hydrogen (secondary N) is 5. The van der Waals surface area contributed by atoms with Crippen LogP contribution in [0.3, 0.4) is 0 Å². The van der Waals surface area contributed by atoms with E-state index in [4.69, 9.17) is 5.73 Å². The van der Waals surface area contributed by atoms with Crippen molar-refractivity contribution in [3.63, 3.8) is 0 Å². The predicted octanol–water partition coefficient (Wildman–Crippen LogP) is 12.0. The summed E-state index contributed by atoms with van der Waals surface area (Å²) < 4.78 is 0. The van der Waals surface area contributed by atoms with Crippen LogP contribution in [-0.4, -0.2) is 253 Å². The molecule has 1 radical (unpaired) electrons. The van der Waals surface area contributed by atoms with Gasteiger partial charge in [-0.15, -0.1) is 12.4 Å². The molecular formula is C109H125BClN18O12. The summed E-state index contributed by atoms with van der Waals surface area (Å²) in [4.78, 5) is 167. The van der Waals surface area contributed by atoms with Gasteiger partial charge in [0.25, 0.3) is 13.3 Å². The summed E-state index contributed by atoms with van der Waals surface area (Å²) in [6.45, 7) is 13.6. The summed E-state index contributed by atoms with van der Waals surface area (Å²) in [6, 6.07) is 40.9. The Morgan fingerprint density at radius 3 is 1.47 bits per heavy atom. The number of anilines is 3. The summed E-state index contributed by atoms with van der Waals surface area (Å²) in [7, 11) is 7.62. The van der Waals surface area contributed by atoms with Gasteiger partial charge in [-0.3, -0.25) is 48.5 Å². The number of carbonyl (C=O) groups is 10. The van der Waals surface area contributed by atoms with Crippen molar-refractivity contribution < 1.29 is 58.2 Å². The lowest BCUT2D eigenvalue weighted by atomic mass is 9.79. The van der Waals surface area contributed by atoms with E-state index in [1.807, 2.05) is 99.6 Å². The molecule has 733 valence electrons. The highest BCUT2D eigenvalue weighted by Crippen LogP contribution is 2.51. The molecule has 3 aromatic carbocycles. The molecule has 3 aliphatic carbocycles. The Kier molecular flexibility index (Phi) is 31.7. The number of aromatic carboxylic acids is 2. The molecule has 6 aromatic heterocycles. The van der Waals surface area contributed by atoms with Gasteiger partial charge in [-0.05, 0) is 225 Å². The average molecular weight is 1930 g/mol. The van der Waals surface area contributed by atoms with Crippen molar-refractivity contribution in [1.29, 1.82) is 0 Å². The Morgan fingerprint density at radius 2 is 0.972 bits per heavy atom. The first kappa shape index (κ1) is 101. The number of carbonyl (C=O) groups excluding carboxylic acids is 8. The van der Waals surface area contributed by atoms with Crippen LogP contribution >= 0.6 is 12.4 Å². The molecule has 3 spiro atoms. The smallest absolute Gasteiger partial charge is 0.337 e. The van der Waals surface area contributed by atoms with Gasteiger partial charge in [0.05, 0.1) is 51.2 Å². The number of amides is 7. The number of carboxylic acids is 2. The highest BCUT2D eigenvalue weighted by molar-refractivity contribution is 6.64. The molecule has 32 heteroatoms. The van der Waals surface area contributed by atoms with Gasteiger partial charge in [0.1, 0.15) is 23.5 Å². The zero-order valence-electron chi connectivity index (χ0n) is 80.8. The number of halogens is 1. The maximum absolute atomic E-state index is 13.9. The Labute approximate surface area is 829 Å². The molecule has 12 atom stereocenters. The van der Waals surface area contributed by atoms with E-state index in [1.165, 1.54) is 36.5 Å². The van der Waals surface area contributed by atoms with Crippen LogP contribution in [0.25, 0.3) is 18.2 Å². The third-order valence-electron chi connectivity index (χ3n) is 30.4. The fourth-order valence-electron chi connectivity index (χ4n) is 22.5. The van der Waals surface area contributed by atoms with Gasteiger partial charge < -0.3 is 76.6 Å². The van der Waals surface area contributed by atoms with E-state index in [9.17, 15) is 58.2 Å². The van der Waals surface area contributed by atoms with Crippen molar-refractivity contribution >= 4 is 115 Å². The predicted molar refractivity (Wildman–Crippen MR) is 544 cm³/mol. The van der Waals surface area contributed by atoms with Gasteiger partial charge in [-0.2, -0.15) is 0 Å². The number of carboxylic acid groups (broad SMARTS) is 2. The number of fused-ring (bicyclic) bond motifs is 10. The molecule has 10 aliphatic rings. The fourth-order valence-corrected chi connectivity index (χ4v) is 22.5. The lowest BCUT2D eigenvalue weighted by Crippen LogP contribution is -2.58. The van der Waals surface area contributed by atoms with Gasteiger partial charge in [-0.1, -0.05) is 147 Å². The number of likely N-dealkylation sites (tertiary alicyclic amines) is 2. The lowest BCUT2D eigenvalue weighted by molar-refractivity contribution is -0.140. The van der Waals surface area contributed by atoms with Crippen LogP contribution in [0, 0.1) is 0 Å². The number of benzene rings is 3. The zero-order chi connectivity index (χ0) is 98.1. The van der Waals surface area contributed by atoms with Crippen LogP contribution in [0.15, 0.2) is 183 Å². The van der Waals surface area contributed by atoms with Crippen LogP contribution in [0.1, 0.15) is 230 Å². The van der Waals surface area contributed by atoms with Gasteiger partial charge in [0.2, 0.25) is 35.4 Å². The maximum atomic E-state index is 13.9. The van der Waals surface area contributed by atoms with Gasteiger partial charge >= 0.3 is 11.9 Å². The summed E-state index contributed by atoms with van der Waals surface area (Å²) in [5, 5.41) is 33.7. The first-order valence-electron chi connectivity index (χ1n) is 49.3. The van der Waals surface area contributed by atoms with Gasteiger partial charge in [0.15, 0.2) is 0 Å². The summed E-state index contributed by atoms with van der Waals surface area (Å²) in [6.07, 6.45) is 36.0. The molecule has 7 bridgehead atoms. The normalized spacial score (nSPS) is 24.6. The second-order valence-corrected chi connectivity index (χ2v) is 39.7. The second kappa shape index (κ2) is 44.3. The number of unbranched alkanes of at least 4 members (excludes halogenated alkanes) is 4. The monoisotopic (exact) mass is 1920 g/mol. The molecule has 0 saturated carbocycles. The molecule has 13 heterocycles. The molecule has 9 aromatic rings. The minimum Gasteiger partial charge on any atom is -0.478 e. The van der Waals surface area contributed by atoms with Crippen molar-refractivity contribution in [2.24, 2.45) is 5.73 Å². The first-order valence-corrected chi connectivity index (χ1v) is 49.3. The molecule has 9 N–H and O–H groups in total. The number of nitrogens with two attached hydrogens (primary N) is 1. The molecule has 7 amide bonds. The first-order chi connectivity index (χ1) is 67.7. The van der Waals surface area contributed by atoms with Crippen LogP contribution in [0.2, 0.25) is 0 Å². The Morgan fingerprint density at radius 1 is 0.518 bits per heavy atom. The third-order valence-corrected chi connectivity index (χ3v) is 30.4. The molecule has 141 heavy (non-hydrogen) atoms. The summed E-state index contributed by atoms with van der Waals surface area (Å²) in [5.74, 6) is -0.374. The van der Waals surface area contributed by atoms with E-state index in [0.717, 1.165) is 171 Å². The van der Waals surface area contributed by atoms with Gasteiger partial charge in [0, 0.05) is 165 Å². The average Bonchev–Trinajstić information content (AvgIpc) is 1.57. The van der Waals surface area contributed by atoms with E-state index >= 15 is 0 Å². The standard InChI is InChI=1S/C37H42BN6O5.C36H42N6O4.C36H40N6O3.ClH/c1-24-29(26-11-5-3-6-12-26)18-31(42-38-23-45)34(46)44(24)15-8-4-7-13-43(2)14-9-10-25-16-30-33(40-21-25)41-36(49)37(30)19-27-17-28(35(47)48)22-39-32(27)20-37;1-23-28(25-11-5-3-6-12-25)18-30(37)33(43)42(23)15-8-4-7-13-41(2)14-9-10-24-16-29-32(39-21-24)40-35(46)36(29)19-26-17-27(34(44)45)22-38-31(26)20-36;1-23-28(25-11-5-3-6-12-25)18-30-34(44)42(23)15-8-4-7-13-41(2)14-9-10-24-16-29-32(38-21-24)40-35(45)36(29)19-26-17-27(33(43)39-30)22-37-31(26)20-36;/h3,5-6,9-12,16-17,21-24,29,31,42H,4,7-8,13-15,18-20H2,1-2H3,(H,47,48)(H,40,41,49);3,5-6,9-12,16-17,21-23,28,30H,4,7-8,13-15,18-20,37H2,1-2H3,(H,44,45)(H,39,40,46);3,5-6,9-12,16-17,21-23,28,30H,4,7-8,13-15,18-20H2,1-2H3,(H,39,43)(H,38,40,45);1H/b3*10-9+;/t24?,29?,31?,37-;2*23?,28?,30?,36-;/m000./s1. The number of aromatic nitrogens is 6. The number of nitrogens with zero attached hydrogens (tertiary/aromatic N) is 12. The molecule has 7 aliphatic heterocycles. The lowest BCUT2D eigenvalue weighted by Gasteiger charge is -2.43. The zero-order valence-corrected chi connectivity index (χ0v) is 81.6. The third kappa shape index (κ3) is 21.8. The number of hydrogen-bond donors (Lipinski definition) is 8. The van der Waals surface area contributed by atoms with E-state index in [0.29, 0.717) is 100 Å². The SMILES string of the molecule is CC1C(c2ccccc2)CC(N)C(=O)N1CCCCCN(C)C/C=C/c1cnc2c(c1)[C@@]1(Cc3cc(C(=O)O)cnc3C1)C(=O)N2.CC1C(c2ccccc2)CC(N[B]C=O)C(=O)N1CCCCCN(C)C/C=C/c1cnc2c(c1)[C@@]1(Cc3cc(C(=O)O)cnc3C1)C(=O)N2.CC1C(c2ccccc2)CC2NC(=O)c3cnc4c(c3)C[C@@]3(C4)C(=O)Nc4ncc(cc43)/C=C/CN(C)CCCCCN1C2=O.Cl. The van der Waals surface area contributed by atoms with Crippen LogP contribution in [0.5, 0.6) is 0 Å². The molecule has 3 fully saturated rings. The fraction of sp³-hybridized carbons (Fsp3) is 0.413.